The molecule has 0 aliphatic heterocycles. The molecular weight excluding hydrogens is 258 g/mol. The van der Waals surface area contributed by atoms with Crippen molar-refractivity contribution in [3.05, 3.63) is 64.7 Å². The Morgan fingerprint density at radius 2 is 1.62 bits per heavy atom. The molecule has 112 valence electrons. The lowest BCUT2D eigenvalue weighted by Crippen LogP contribution is -2.22. The molecule has 2 aromatic rings. The molecule has 0 bridgehead atoms. The van der Waals surface area contributed by atoms with Gasteiger partial charge in [0.2, 0.25) is 0 Å². The van der Waals surface area contributed by atoms with Crippen LogP contribution in [0, 0.1) is 6.92 Å². The maximum Gasteiger partial charge on any atom is 0.122 e. The van der Waals surface area contributed by atoms with Crippen molar-refractivity contribution in [1.82, 2.24) is 4.90 Å². The summed E-state index contributed by atoms with van der Waals surface area (Å²) in [5, 5.41) is 10.3. The van der Waals surface area contributed by atoms with Crippen LogP contribution in [0.3, 0.4) is 0 Å². The minimum Gasteiger partial charge on any atom is -0.507 e. The number of phenolic OH excluding ortho intramolecular Hbond substituents is 1. The third-order valence-electron chi connectivity index (χ3n) is 3.98. The van der Waals surface area contributed by atoms with Crippen LogP contribution >= 0.6 is 0 Å². The Labute approximate surface area is 128 Å². The van der Waals surface area contributed by atoms with Gasteiger partial charge >= 0.3 is 0 Å². The van der Waals surface area contributed by atoms with Gasteiger partial charge in [-0.25, -0.2) is 0 Å². The lowest BCUT2D eigenvalue weighted by atomic mass is 9.99. The molecule has 0 heterocycles. The van der Waals surface area contributed by atoms with Crippen LogP contribution < -0.4 is 0 Å². The lowest BCUT2D eigenvalue weighted by molar-refractivity contribution is 0.290. The zero-order chi connectivity index (χ0) is 15.2. The van der Waals surface area contributed by atoms with Crippen molar-refractivity contribution in [2.45, 2.75) is 33.7 Å². The fourth-order valence-corrected chi connectivity index (χ4v) is 2.68. The van der Waals surface area contributed by atoms with Crippen LogP contribution in [0.15, 0.2) is 42.5 Å². The minimum absolute atomic E-state index is 0.443. The zero-order valence-electron chi connectivity index (χ0n) is 13.3. The van der Waals surface area contributed by atoms with Crippen molar-refractivity contribution in [3.8, 4) is 5.75 Å². The van der Waals surface area contributed by atoms with Gasteiger partial charge in [-0.2, -0.15) is 0 Å². The van der Waals surface area contributed by atoms with Gasteiger partial charge in [0, 0.05) is 12.1 Å². The van der Waals surface area contributed by atoms with Crippen molar-refractivity contribution in [1.29, 1.82) is 0 Å². The van der Waals surface area contributed by atoms with Gasteiger partial charge in [-0.3, -0.25) is 4.90 Å². The van der Waals surface area contributed by atoms with Gasteiger partial charge in [-0.05, 0) is 43.1 Å². The molecule has 0 spiro atoms. The Morgan fingerprint density at radius 1 is 0.952 bits per heavy atom. The van der Waals surface area contributed by atoms with Gasteiger partial charge in [0.1, 0.15) is 5.75 Å². The molecule has 0 atom stereocenters. The molecule has 0 radical (unpaired) electrons. The van der Waals surface area contributed by atoms with Gasteiger partial charge in [0.15, 0.2) is 0 Å². The van der Waals surface area contributed by atoms with Crippen LogP contribution in [0.25, 0.3) is 0 Å². The topological polar surface area (TPSA) is 23.5 Å². The highest BCUT2D eigenvalue weighted by molar-refractivity contribution is 5.44. The first-order chi connectivity index (χ1) is 10.1. The predicted octanol–water partition coefficient (Wildman–Crippen LogP) is 4.13. The van der Waals surface area contributed by atoms with Crippen molar-refractivity contribution in [2.75, 3.05) is 13.1 Å². The van der Waals surface area contributed by atoms with E-state index in [1.165, 1.54) is 11.1 Å². The number of rotatable bonds is 6. The zero-order valence-corrected chi connectivity index (χ0v) is 13.3. The summed E-state index contributed by atoms with van der Waals surface area (Å²) in [5.41, 5.74) is 4.56. The third kappa shape index (κ3) is 4.08. The molecule has 0 aliphatic rings. The third-order valence-corrected chi connectivity index (χ3v) is 3.98. The molecule has 21 heavy (non-hydrogen) atoms. The Hall–Kier alpha value is -1.80. The summed E-state index contributed by atoms with van der Waals surface area (Å²) in [6, 6.07) is 14.7. The molecule has 0 saturated carbocycles. The Kier molecular flexibility index (Phi) is 5.40. The van der Waals surface area contributed by atoms with Crippen LogP contribution in [-0.4, -0.2) is 23.1 Å². The highest BCUT2D eigenvalue weighted by atomic mass is 16.3. The van der Waals surface area contributed by atoms with Gasteiger partial charge in [-0.15, -0.1) is 0 Å². The highest BCUT2D eigenvalue weighted by Crippen LogP contribution is 2.26. The van der Waals surface area contributed by atoms with Crippen LogP contribution in [-0.2, 0) is 13.0 Å². The second kappa shape index (κ2) is 7.28. The van der Waals surface area contributed by atoms with E-state index in [0.717, 1.165) is 37.2 Å². The number of aromatic hydroxyl groups is 1. The largest absolute Gasteiger partial charge is 0.507 e. The standard InChI is InChI=1S/C19H25NO/c1-4-20(5-2)14-18-13-17(11-15(3)19(18)21)12-16-9-7-6-8-10-16/h6-11,13,21H,4-5,12,14H2,1-3H3. The van der Waals surface area contributed by atoms with E-state index in [4.69, 9.17) is 0 Å². The van der Waals surface area contributed by atoms with E-state index in [1.807, 2.05) is 13.0 Å². The number of aryl methyl sites for hydroxylation is 1. The van der Waals surface area contributed by atoms with Crippen molar-refractivity contribution >= 4 is 0 Å². The average Bonchev–Trinajstić information content (AvgIpc) is 2.50. The molecule has 0 aliphatic carbocycles. The number of nitrogens with zero attached hydrogens (tertiary/aromatic N) is 1. The van der Waals surface area contributed by atoms with Crippen molar-refractivity contribution < 1.29 is 5.11 Å². The van der Waals surface area contributed by atoms with Crippen LogP contribution in [0.5, 0.6) is 5.75 Å². The second-order valence-corrected chi connectivity index (χ2v) is 5.54. The van der Waals surface area contributed by atoms with E-state index in [-0.39, 0.29) is 0 Å². The molecule has 2 rings (SSSR count). The molecular formula is C19H25NO. The van der Waals surface area contributed by atoms with Crippen LogP contribution in [0.4, 0.5) is 0 Å². The summed E-state index contributed by atoms with van der Waals surface area (Å²) in [7, 11) is 0. The highest BCUT2D eigenvalue weighted by Gasteiger charge is 2.10. The van der Waals surface area contributed by atoms with Gasteiger partial charge in [0.05, 0.1) is 0 Å². The molecule has 2 aromatic carbocycles. The first-order valence-corrected chi connectivity index (χ1v) is 7.71. The average molecular weight is 283 g/mol. The lowest BCUT2D eigenvalue weighted by Gasteiger charge is -2.20. The second-order valence-electron chi connectivity index (χ2n) is 5.54. The van der Waals surface area contributed by atoms with Crippen molar-refractivity contribution in [3.63, 3.8) is 0 Å². The van der Waals surface area contributed by atoms with Gasteiger partial charge in [0.25, 0.3) is 0 Å². The molecule has 0 unspecified atom stereocenters. The summed E-state index contributed by atoms with van der Waals surface area (Å²) < 4.78 is 0. The number of phenols is 1. The summed E-state index contributed by atoms with van der Waals surface area (Å²) in [4.78, 5) is 2.32. The van der Waals surface area contributed by atoms with Crippen molar-refractivity contribution in [2.24, 2.45) is 0 Å². The molecule has 0 saturated heterocycles. The van der Waals surface area contributed by atoms with E-state index in [2.05, 4.69) is 55.1 Å². The summed E-state index contributed by atoms with van der Waals surface area (Å²) >= 11 is 0. The number of hydrogen-bond acceptors (Lipinski definition) is 2. The Bertz CT molecular complexity index is 574. The summed E-state index contributed by atoms with van der Waals surface area (Å²) in [5.74, 6) is 0.443. The first-order valence-electron chi connectivity index (χ1n) is 7.71. The quantitative estimate of drug-likeness (QED) is 0.861. The van der Waals surface area contributed by atoms with E-state index < -0.39 is 0 Å². The minimum atomic E-state index is 0.443. The van der Waals surface area contributed by atoms with Gasteiger partial charge in [-0.1, -0.05) is 56.3 Å². The Morgan fingerprint density at radius 3 is 2.24 bits per heavy atom. The Balaban J connectivity index is 2.25. The predicted molar refractivity (Wildman–Crippen MR) is 88.7 cm³/mol. The fraction of sp³-hybridized carbons (Fsp3) is 0.368. The summed E-state index contributed by atoms with van der Waals surface area (Å²) in [6.45, 7) is 9.09. The number of benzene rings is 2. The molecule has 1 N–H and O–H groups in total. The maximum atomic E-state index is 10.3. The number of hydrogen-bond donors (Lipinski definition) is 1. The van der Waals surface area contributed by atoms with E-state index in [9.17, 15) is 5.11 Å². The maximum absolute atomic E-state index is 10.3. The van der Waals surface area contributed by atoms with Crippen LogP contribution in [0.1, 0.15) is 36.1 Å². The normalized spacial score (nSPS) is 11.0. The molecule has 0 amide bonds. The van der Waals surface area contributed by atoms with E-state index in [0.29, 0.717) is 5.75 Å². The van der Waals surface area contributed by atoms with E-state index >= 15 is 0 Å². The smallest absolute Gasteiger partial charge is 0.122 e. The van der Waals surface area contributed by atoms with Gasteiger partial charge < -0.3 is 5.11 Å². The molecule has 0 aromatic heterocycles. The molecule has 0 fully saturated rings. The summed E-state index contributed by atoms with van der Waals surface area (Å²) in [6.07, 6.45) is 0.910. The molecule has 2 heteroatoms. The van der Waals surface area contributed by atoms with Crippen LogP contribution in [0.2, 0.25) is 0 Å². The molecule has 2 nitrogen and oxygen atoms in total. The van der Waals surface area contributed by atoms with E-state index in [1.54, 1.807) is 0 Å². The monoisotopic (exact) mass is 283 g/mol. The fourth-order valence-electron chi connectivity index (χ4n) is 2.68. The first kappa shape index (κ1) is 15.6. The SMILES string of the molecule is CCN(CC)Cc1cc(Cc2ccccc2)cc(C)c1O.